The molecule has 0 saturated heterocycles. The minimum absolute atomic E-state index is 0.132. The quantitative estimate of drug-likeness (QED) is 0.665. The Morgan fingerprint density at radius 2 is 1.69 bits per heavy atom. The van der Waals surface area contributed by atoms with Gasteiger partial charge in [-0.05, 0) is 43.7 Å². The molecule has 1 N–H and O–H groups in total. The molecular weight excluding hydrogens is 392 g/mol. The van der Waals surface area contributed by atoms with Crippen molar-refractivity contribution in [3.8, 4) is 0 Å². The first kappa shape index (κ1) is 22.6. The molecule has 2 rings (SSSR count). The van der Waals surface area contributed by atoms with E-state index in [1.54, 1.807) is 63.2 Å². The van der Waals surface area contributed by atoms with Gasteiger partial charge in [-0.15, -0.1) is 0 Å². The number of sulfonamides is 1. The van der Waals surface area contributed by atoms with Crippen molar-refractivity contribution in [2.75, 3.05) is 18.4 Å². The van der Waals surface area contributed by atoms with Gasteiger partial charge in [0, 0.05) is 18.8 Å². The molecule has 0 fully saturated rings. The number of hydrogen-bond acceptors (Lipinski definition) is 5. The largest absolute Gasteiger partial charge is 0.449 e. The van der Waals surface area contributed by atoms with Crippen molar-refractivity contribution >= 4 is 27.6 Å². The molecule has 156 valence electrons. The van der Waals surface area contributed by atoms with Gasteiger partial charge in [0.15, 0.2) is 6.10 Å². The summed E-state index contributed by atoms with van der Waals surface area (Å²) < 4.78 is 32.2. The van der Waals surface area contributed by atoms with Gasteiger partial charge < -0.3 is 10.1 Å². The van der Waals surface area contributed by atoms with E-state index >= 15 is 0 Å². The zero-order valence-electron chi connectivity index (χ0n) is 17.0. The maximum absolute atomic E-state index is 12.8. The van der Waals surface area contributed by atoms with Crippen LogP contribution in [0.25, 0.3) is 0 Å². The predicted molar refractivity (Wildman–Crippen MR) is 111 cm³/mol. The fourth-order valence-electron chi connectivity index (χ4n) is 2.76. The summed E-state index contributed by atoms with van der Waals surface area (Å²) in [6, 6.07) is 13.0. The number of esters is 1. The first-order valence-corrected chi connectivity index (χ1v) is 10.8. The Hall–Kier alpha value is -2.71. The highest BCUT2D eigenvalue weighted by Crippen LogP contribution is 2.24. The topological polar surface area (TPSA) is 92.8 Å². The highest BCUT2D eigenvalue weighted by molar-refractivity contribution is 7.89. The lowest BCUT2D eigenvalue weighted by molar-refractivity contribution is -0.123. The number of amides is 1. The van der Waals surface area contributed by atoms with E-state index in [9.17, 15) is 18.0 Å². The highest BCUT2D eigenvalue weighted by Gasteiger charge is 2.25. The van der Waals surface area contributed by atoms with E-state index in [1.165, 1.54) is 17.3 Å². The first-order valence-electron chi connectivity index (χ1n) is 9.38. The van der Waals surface area contributed by atoms with E-state index in [4.69, 9.17) is 4.74 Å². The summed E-state index contributed by atoms with van der Waals surface area (Å²) in [6.45, 7) is 7.39. The molecule has 2 aromatic rings. The van der Waals surface area contributed by atoms with E-state index in [2.05, 4.69) is 5.32 Å². The van der Waals surface area contributed by atoms with Crippen molar-refractivity contribution < 1.29 is 22.7 Å². The number of carbonyl (C=O) groups is 2. The van der Waals surface area contributed by atoms with Gasteiger partial charge in [0.1, 0.15) is 0 Å². The van der Waals surface area contributed by atoms with Crippen molar-refractivity contribution in [2.24, 2.45) is 0 Å². The van der Waals surface area contributed by atoms with Gasteiger partial charge in [-0.2, -0.15) is 4.31 Å². The normalized spacial score (nSPS) is 12.4. The second kappa shape index (κ2) is 9.67. The van der Waals surface area contributed by atoms with Crippen LogP contribution in [0.2, 0.25) is 0 Å². The first-order chi connectivity index (χ1) is 13.7. The number of anilines is 1. The van der Waals surface area contributed by atoms with Crippen molar-refractivity contribution in [3.63, 3.8) is 0 Å². The van der Waals surface area contributed by atoms with Gasteiger partial charge in [0.05, 0.1) is 10.5 Å². The van der Waals surface area contributed by atoms with Crippen molar-refractivity contribution in [1.82, 2.24) is 4.31 Å². The van der Waals surface area contributed by atoms with E-state index in [0.29, 0.717) is 29.9 Å². The molecule has 7 nitrogen and oxygen atoms in total. The van der Waals surface area contributed by atoms with Crippen LogP contribution >= 0.6 is 0 Å². The summed E-state index contributed by atoms with van der Waals surface area (Å²) in [6.07, 6.45) is -1.05. The summed E-state index contributed by atoms with van der Waals surface area (Å²) in [7, 11) is -3.67. The molecule has 1 amide bonds. The molecule has 0 aliphatic carbocycles. The van der Waals surface area contributed by atoms with Crippen LogP contribution in [0.3, 0.4) is 0 Å². The zero-order valence-corrected chi connectivity index (χ0v) is 17.8. The number of nitrogens with zero attached hydrogens (tertiary/aromatic N) is 1. The summed E-state index contributed by atoms with van der Waals surface area (Å²) in [5.74, 6) is -1.16. The Balaban J connectivity index is 2.15. The van der Waals surface area contributed by atoms with Crippen LogP contribution in [0.15, 0.2) is 53.4 Å². The molecule has 29 heavy (non-hydrogen) atoms. The van der Waals surface area contributed by atoms with Crippen molar-refractivity contribution in [1.29, 1.82) is 0 Å². The molecule has 0 saturated carbocycles. The minimum atomic E-state index is -3.67. The van der Waals surface area contributed by atoms with Crippen molar-refractivity contribution in [2.45, 2.75) is 38.7 Å². The Labute approximate surface area is 171 Å². The number of benzene rings is 2. The monoisotopic (exact) mass is 418 g/mol. The maximum Gasteiger partial charge on any atom is 0.338 e. The predicted octanol–water partition coefficient (Wildman–Crippen LogP) is 3.21. The molecule has 0 unspecified atom stereocenters. The third-order valence-corrected chi connectivity index (χ3v) is 6.63. The molecule has 8 heteroatoms. The lowest BCUT2D eigenvalue weighted by Crippen LogP contribution is -2.32. The van der Waals surface area contributed by atoms with Gasteiger partial charge in [-0.1, -0.05) is 38.1 Å². The molecule has 0 heterocycles. The standard InChI is InChI=1S/C21H26N2O5S/c1-5-23(6-2)29(26,27)19-14-18(13-12-15(19)3)22-20(24)16(4)28-21(25)17-10-8-7-9-11-17/h7-14,16H,5-6H2,1-4H3,(H,22,24)/t16-/m0/s1. The summed E-state index contributed by atoms with van der Waals surface area (Å²) >= 11 is 0. The SMILES string of the molecule is CCN(CC)S(=O)(=O)c1cc(NC(=O)[C@H](C)OC(=O)c2ccccc2)ccc1C. The number of aryl methyl sites for hydroxylation is 1. The third-order valence-electron chi connectivity index (χ3n) is 4.44. The van der Waals surface area contributed by atoms with E-state index in [0.717, 1.165) is 0 Å². The van der Waals surface area contributed by atoms with Crippen LogP contribution in [-0.4, -0.2) is 43.8 Å². The minimum Gasteiger partial charge on any atom is -0.449 e. The van der Waals surface area contributed by atoms with E-state index < -0.39 is 28.0 Å². The zero-order chi connectivity index (χ0) is 21.6. The fraction of sp³-hybridized carbons (Fsp3) is 0.333. The number of carbonyl (C=O) groups excluding carboxylic acids is 2. The molecule has 0 spiro atoms. The number of nitrogens with one attached hydrogen (secondary N) is 1. The number of ether oxygens (including phenoxy) is 1. The highest BCUT2D eigenvalue weighted by atomic mass is 32.2. The second-order valence-corrected chi connectivity index (χ2v) is 8.38. The maximum atomic E-state index is 12.8. The summed E-state index contributed by atoms with van der Waals surface area (Å²) in [4.78, 5) is 24.7. The average molecular weight is 419 g/mol. The van der Waals surface area contributed by atoms with Gasteiger partial charge in [0.25, 0.3) is 5.91 Å². The number of hydrogen-bond donors (Lipinski definition) is 1. The molecule has 1 atom stereocenters. The van der Waals surface area contributed by atoms with Gasteiger partial charge in [-0.25, -0.2) is 13.2 Å². The fourth-order valence-corrected chi connectivity index (χ4v) is 4.47. The Kier molecular flexibility index (Phi) is 7.53. The van der Waals surface area contributed by atoms with Crippen LogP contribution in [0.5, 0.6) is 0 Å². The van der Waals surface area contributed by atoms with Crippen LogP contribution in [0.4, 0.5) is 5.69 Å². The van der Waals surface area contributed by atoms with Crippen LogP contribution in [0, 0.1) is 6.92 Å². The van der Waals surface area contributed by atoms with Gasteiger partial charge in [-0.3, -0.25) is 4.79 Å². The van der Waals surface area contributed by atoms with Crippen LogP contribution < -0.4 is 5.32 Å². The van der Waals surface area contributed by atoms with Crippen molar-refractivity contribution in [3.05, 3.63) is 59.7 Å². The summed E-state index contributed by atoms with van der Waals surface area (Å²) in [5.41, 5.74) is 1.24. The molecule has 0 aliphatic heterocycles. The smallest absolute Gasteiger partial charge is 0.338 e. The Morgan fingerprint density at radius 1 is 1.07 bits per heavy atom. The lowest BCUT2D eigenvalue weighted by Gasteiger charge is -2.20. The Bertz CT molecular complexity index is 970. The molecule has 0 bridgehead atoms. The molecule has 0 aromatic heterocycles. The average Bonchev–Trinajstić information content (AvgIpc) is 2.70. The number of rotatable bonds is 8. The van der Waals surface area contributed by atoms with Crippen LogP contribution in [-0.2, 0) is 19.6 Å². The molecule has 0 radical (unpaired) electrons. The third kappa shape index (κ3) is 5.42. The van der Waals surface area contributed by atoms with Gasteiger partial charge >= 0.3 is 5.97 Å². The molecule has 2 aromatic carbocycles. The van der Waals surface area contributed by atoms with E-state index in [-0.39, 0.29) is 4.90 Å². The molecule has 0 aliphatic rings. The van der Waals surface area contributed by atoms with E-state index in [1.807, 2.05) is 0 Å². The summed E-state index contributed by atoms with van der Waals surface area (Å²) in [5, 5.41) is 2.61. The molecular formula is C21H26N2O5S. The Morgan fingerprint density at radius 3 is 2.28 bits per heavy atom. The lowest BCUT2D eigenvalue weighted by atomic mass is 10.2. The second-order valence-electron chi connectivity index (χ2n) is 6.47. The van der Waals surface area contributed by atoms with Gasteiger partial charge in [0.2, 0.25) is 10.0 Å². The van der Waals surface area contributed by atoms with Crippen LogP contribution in [0.1, 0.15) is 36.7 Å².